The molecule has 0 aliphatic rings. The number of carbonyl (C=O) groups excluding carboxylic acids is 1. The van der Waals surface area contributed by atoms with Gasteiger partial charge in [0.05, 0.1) is 11.3 Å². The van der Waals surface area contributed by atoms with Gasteiger partial charge in [-0.1, -0.05) is 12.1 Å². The Labute approximate surface area is 129 Å². The standard InChI is InChI=1S/C15H12BrNO4/c16-12-3-1-2-4-13(12)17-14(18)9-21-11-7-5-10(6-8-11)15(19)20/h1-8H,9H2,(H,17,18)(H,19,20). The van der Waals surface area contributed by atoms with E-state index < -0.39 is 5.97 Å². The van der Waals surface area contributed by atoms with Crippen molar-refractivity contribution in [3.8, 4) is 5.75 Å². The zero-order valence-corrected chi connectivity index (χ0v) is 12.5. The Morgan fingerprint density at radius 3 is 2.38 bits per heavy atom. The van der Waals surface area contributed by atoms with Gasteiger partial charge in [-0.3, -0.25) is 4.79 Å². The van der Waals surface area contributed by atoms with Crippen LogP contribution in [0.1, 0.15) is 10.4 Å². The fraction of sp³-hybridized carbons (Fsp3) is 0.0667. The molecule has 0 saturated carbocycles. The lowest BCUT2D eigenvalue weighted by Crippen LogP contribution is -2.20. The molecule has 0 unspecified atom stereocenters. The van der Waals surface area contributed by atoms with Crippen LogP contribution in [0.4, 0.5) is 5.69 Å². The molecule has 5 nitrogen and oxygen atoms in total. The molecule has 2 rings (SSSR count). The number of hydrogen-bond donors (Lipinski definition) is 2. The third kappa shape index (κ3) is 4.32. The van der Waals surface area contributed by atoms with E-state index in [1.807, 2.05) is 18.2 Å². The highest BCUT2D eigenvalue weighted by Gasteiger charge is 2.07. The first-order valence-electron chi connectivity index (χ1n) is 6.07. The van der Waals surface area contributed by atoms with Crippen molar-refractivity contribution in [3.63, 3.8) is 0 Å². The number of carboxylic acid groups (broad SMARTS) is 1. The molecule has 6 heteroatoms. The van der Waals surface area contributed by atoms with Crippen LogP contribution in [0.5, 0.6) is 5.75 Å². The lowest BCUT2D eigenvalue weighted by molar-refractivity contribution is -0.118. The van der Waals surface area contributed by atoms with Crippen LogP contribution in [0.15, 0.2) is 53.0 Å². The van der Waals surface area contributed by atoms with Gasteiger partial charge in [-0.2, -0.15) is 0 Å². The molecule has 0 aliphatic heterocycles. The van der Waals surface area contributed by atoms with Gasteiger partial charge in [0.25, 0.3) is 5.91 Å². The number of anilines is 1. The first kappa shape index (κ1) is 15.1. The summed E-state index contributed by atoms with van der Waals surface area (Å²) >= 11 is 3.33. The fourth-order valence-corrected chi connectivity index (χ4v) is 1.98. The number of amides is 1. The summed E-state index contributed by atoms with van der Waals surface area (Å²) in [5, 5.41) is 11.5. The molecule has 0 aliphatic carbocycles. The summed E-state index contributed by atoms with van der Waals surface area (Å²) in [5.74, 6) is -0.875. The van der Waals surface area contributed by atoms with Crippen LogP contribution >= 0.6 is 15.9 Å². The van der Waals surface area contributed by atoms with E-state index in [-0.39, 0.29) is 18.1 Å². The Morgan fingerprint density at radius 1 is 1.10 bits per heavy atom. The highest BCUT2D eigenvalue weighted by Crippen LogP contribution is 2.21. The van der Waals surface area contributed by atoms with Crippen LogP contribution in [-0.2, 0) is 4.79 Å². The largest absolute Gasteiger partial charge is 0.484 e. The molecule has 0 fully saturated rings. The summed E-state index contributed by atoms with van der Waals surface area (Å²) in [6.45, 7) is -0.159. The second-order valence-corrected chi connectivity index (χ2v) is 5.00. The van der Waals surface area contributed by atoms with Crippen LogP contribution in [0, 0.1) is 0 Å². The van der Waals surface area contributed by atoms with Gasteiger partial charge in [0.2, 0.25) is 0 Å². The maximum atomic E-state index is 11.8. The Kier molecular flexibility index (Phi) is 4.94. The number of rotatable bonds is 5. The SMILES string of the molecule is O=C(COc1ccc(C(=O)O)cc1)Nc1ccccc1Br. The molecular weight excluding hydrogens is 338 g/mol. The van der Waals surface area contributed by atoms with Crippen molar-refractivity contribution in [2.75, 3.05) is 11.9 Å². The zero-order chi connectivity index (χ0) is 15.2. The Morgan fingerprint density at radius 2 is 1.76 bits per heavy atom. The average molecular weight is 350 g/mol. The van der Waals surface area contributed by atoms with Gasteiger partial charge in [-0.15, -0.1) is 0 Å². The fourth-order valence-electron chi connectivity index (χ4n) is 1.59. The summed E-state index contributed by atoms with van der Waals surface area (Å²) in [6, 6.07) is 13.1. The Bertz CT molecular complexity index is 655. The van der Waals surface area contributed by atoms with Crippen molar-refractivity contribution in [1.82, 2.24) is 0 Å². The van der Waals surface area contributed by atoms with Gasteiger partial charge in [0, 0.05) is 4.47 Å². The molecule has 21 heavy (non-hydrogen) atoms. The minimum atomic E-state index is -1.01. The van der Waals surface area contributed by atoms with Crippen LogP contribution in [0.2, 0.25) is 0 Å². The van der Waals surface area contributed by atoms with Crippen molar-refractivity contribution in [3.05, 3.63) is 58.6 Å². The van der Waals surface area contributed by atoms with Crippen molar-refractivity contribution >= 4 is 33.5 Å². The maximum absolute atomic E-state index is 11.8. The predicted molar refractivity (Wildman–Crippen MR) is 81.7 cm³/mol. The number of halogens is 1. The quantitative estimate of drug-likeness (QED) is 0.869. The molecular formula is C15H12BrNO4. The van der Waals surface area contributed by atoms with E-state index >= 15 is 0 Å². The monoisotopic (exact) mass is 349 g/mol. The Hall–Kier alpha value is -2.34. The summed E-state index contributed by atoms with van der Waals surface area (Å²) in [4.78, 5) is 22.5. The van der Waals surface area contributed by atoms with Crippen molar-refractivity contribution in [2.45, 2.75) is 0 Å². The normalized spacial score (nSPS) is 9.95. The molecule has 0 saturated heterocycles. The van der Waals surface area contributed by atoms with Crippen LogP contribution < -0.4 is 10.1 Å². The highest BCUT2D eigenvalue weighted by atomic mass is 79.9. The van der Waals surface area contributed by atoms with Crippen LogP contribution in [-0.4, -0.2) is 23.6 Å². The molecule has 2 aromatic carbocycles. The van der Waals surface area contributed by atoms with Gasteiger partial charge in [0.15, 0.2) is 6.61 Å². The Balaban J connectivity index is 1.89. The summed E-state index contributed by atoms with van der Waals surface area (Å²) in [7, 11) is 0. The number of carbonyl (C=O) groups is 2. The van der Waals surface area contributed by atoms with Gasteiger partial charge in [-0.05, 0) is 52.3 Å². The number of para-hydroxylation sites is 1. The van der Waals surface area contributed by atoms with Crippen molar-refractivity contribution in [1.29, 1.82) is 0 Å². The van der Waals surface area contributed by atoms with Gasteiger partial charge in [-0.25, -0.2) is 4.79 Å². The molecule has 0 radical (unpaired) electrons. The van der Waals surface area contributed by atoms with Crippen LogP contribution in [0.25, 0.3) is 0 Å². The molecule has 0 aromatic heterocycles. The van der Waals surface area contributed by atoms with E-state index in [1.165, 1.54) is 24.3 Å². The van der Waals surface area contributed by atoms with E-state index in [9.17, 15) is 9.59 Å². The molecule has 0 atom stereocenters. The third-order valence-electron chi connectivity index (χ3n) is 2.62. The molecule has 2 aromatic rings. The van der Waals surface area contributed by atoms with E-state index in [4.69, 9.17) is 9.84 Å². The molecule has 0 bridgehead atoms. The summed E-state index contributed by atoms with van der Waals surface area (Å²) in [5.41, 5.74) is 0.826. The second-order valence-electron chi connectivity index (χ2n) is 4.15. The average Bonchev–Trinajstić information content (AvgIpc) is 2.48. The van der Waals surface area contributed by atoms with E-state index in [2.05, 4.69) is 21.2 Å². The third-order valence-corrected chi connectivity index (χ3v) is 3.31. The zero-order valence-electron chi connectivity index (χ0n) is 10.9. The smallest absolute Gasteiger partial charge is 0.335 e. The van der Waals surface area contributed by atoms with E-state index in [0.717, 1.165) is 4.47 Å². The first-order valence-corrected chi connectivity index (χ1v) is 6.86. The van der Waals surface area contributed by atoms with E-state index in [1.54, 1.807) is 6.07 Å². The number of nitrogens with one attached hydrogen (secondary N) is 1. The number of benzene rings is 2. The number of hydrogen-bond acceptors (Lipinski definition) is 3. The highest BCUT2D eigenvalue weighted by molar-refractivity contribution is 9.10. The van der Waals surface area contributed by atoms with E-state index in [0.29, 0.717) is 11.4 Å². The van der Waals surface area contributed by atoms with Crippen molar-refractivity contribution < 1.29 is 19.4 Å². The summed E-state index contributed by atoms with van der Waals surface area (Å²) < 4.78 is 6.08. The second kappa shape index (κ2) is 6.90. The predicted octanol–water partition coefficient (Wildman–Crippen LogP) is 3.16. The summed E-state index contributed by atoms with van der Waals surface area (Å²) in [6.07, 6.45) is 0. The number of aromatic carboxylic acids is 1. The molecule has 1 amide bonds. The molecule has 108 valence electrons. The minimum absolute atomic E-state index is 0.159. The van der Waals surface area contributed by atoms with Gasteiger partial charge < -0.3 is 15.2 Å². The molecule has 2 N–H and O–H groups in total. The molecule has 0 heterocycles. The van der Waals surface area contributed by atoms with Crippen molar-refractivity contribution in [2.24, 2.45) is 0 Å². The van der Waals surface area contributed by atoms with Crippen LogP contribution in [0.3, 0.4) is 0 Å². The number of carboxylic acids is 1. The molecule has 0 spiro atoms. The first-order chi connectivity index (χ1) is 10.1. The number of ether oxygens (including phenoxy) is 1. The minimum Gasteiger partial charge on any atom is -0.484 e. The lowest BCUT2D eigenvalue weighted by Gasteiger charge is -2.08. The van der Waals surface area contributed by atoms with Gasteiger partial charge in [0.1, 0.15) is 5.75 Å². The lowest BCUT2D eigenvalue weighted by atomic mass is 10.2. The maximum Gasteiger partial charge on any atom is 0.335 e. The topological polar surface area (TPSA) is 75.6 Å². The van der Waals surface area contributed by atoms with Gasteiger partial charge >= 0.3 is 5.97 Å².